The summed E-state index contributed by atoms with van der Waals surface area (Å²) >= 11 is 0. The van der Waals surface area contributed by atoms with Gasteiger partial charge in [0.25, 0.3) is 5.91 Å². The molecule has 1 aromatic carbocycles. The molecule has 0 aliphatic rings. The Hall–Kier alpha value is -2.45. The van der Waals surface area contributed by atoms with Crippen molar-refractivity contribution in [3.05, 3.63) is 54.4 Å². The zero-order chi connectivity index (χ0) is 19.9. The van der Waals surface area contributed by atoms with Crippen molar-refractivity contribution in [1.29, 1.82) is 0 Å². The van der Waals surface area contributed by atoms with Gasteiger partial charge in [0.15, 0.2) is 6.10 Å². The van der Waals surface area contributed by atoms with Gasteiger partial charge in [-0.05, 0) is 54.8 Å². The minimum Gasteiger partial charge on any atom is -0.481 e. The van der Waals surface area contributed by atoms with Gasteiger partial charge in [0.2, 0.25) is 10.0 Å². The van der Waals surface area contributed by atoms with E-state index in [2.05, 4.69) is 15.0 Å². The molecule has 0 aliphatic heterocycles. The first-order valence-electron chi connectivity index (χ1n) is 8.71. The molecule has 8 heteroatoms. The van der Waals surface area contributed by atoms with Crippen LogP contribution >= 0.6 is 0 Å². The number of pyridine rings is 1. The number of ether oxygens (including phenoxy) is 1. The highest BCUT2D eigenvalue weighted by Gasteiger charge is 2.17. The average molecular weight is 391 g/mol. The second-order valence-electron chi connectivity index (χ2n) is 6.55. The number of aromatic nitrogens is 1. The Balaban J connectivity index is 1.94. The van der Waals surface area contributed by atoms with Gasteiger partial charge >= 0.3 is 0 Å². The lowest BCUT2D eigenvalue weighted by Gasteiger charge is -2.16. The molecule has 27 heavy (non-hydrogen) atoms. The van der Waals surface area contributed by atoms with Crippen LogP contribution in [-0.2, 0) is 21.4 Å². The Bertz CT molecular complexity index is 837. The fraction of sp³-hybridized carbons (Fsp3) is 0.368. The first-order valence-corrected chi connectivity index (χ1v) is 10.2. The fourth-order valence-electron chi connectivity index (χ4n) is 2.17. The van der Waals surface area contributed by atoms with Gasteiger partial charge in [0.1, 0.15) is 5.75 Å². The van der Waals surface area contributed by atoms with Crippen LogP contribution in [0.15, 0.2) is 53.7 Å². The molecule has 0 spiro atoms. The Kier molecular flexibility index (Phi) is 7.32. The quantitative estimate of drug-likeness (QED) is 0.682. The van der Waals surface area contributed by atoms with E-state index in [1.54, 1.807) is 31.5 Å². The fourth-order valence-corrected chi connectivity index (χ4v) is 3.18. The first-order chi connectivity index (χ1) is 12.8. The van der Waals surface area contributed by atoms with Crippen molar-refractivity contribution in [2.24, 2.45) is 5.92 Å². The van der Waals surface area contributed by atoms with Crippen LogP contribution in [0.1, 0.15) is 26.3 Å². The molecule has 1 amide bonds. The largest absolute Gasteiger partial charge is 0.481 e. The van der Waals surface area contributed by atoms with Gasteiger partial charge in [0, 0.05) is 25.5 Å². The first kappa shape index (κ1) is 20.9. The van der Waals surface area contributed by atoms with Crippen molar-refractivity contribution < 1.29 is 17.9 Å². The van der Waals surface area contributed by atoms with Crippen molar-refractivity contribution in [2.75, 3.05) is 6.54 Å². The molecule has 2 N–H and O–H groups in total. The van der Waals surface area contributed by atoms with Gasteiger partial charge in [-0.25, -0.2) is 13.1 Å². The molecule has 0 fully saturated rings. The molecular weight excluding hydrogens is 366 g/mol. The molecule has 2 rings (SSSR count). The van der Waals surface area contributed by atoms with Crippen LogP contribution in [0.3, 0.4) is 0 Å². The minimum absolute atomic E-state index is 0.126. The highest BCUT2D eigenvalue weighted by Crippen LogP contribution is 2.17. The number of hydrogen-bond acceptors (Lipinski definition) is 5. The summed E-state index contributed by atoms with van der Waals surface area (Å²) in [6, 6.07) is 9.45. The number of rotatable bonds is 9. The standard InChI is InChI=1S/C19H25N3O4S/c1-14(2)12-21-19(23)15(3)26-17-4-6-18(7-5-17)27(24,25)22-13-16-8-10-20-11-9-16/h4-11,14-15,22H,12-13H2,1-3H3,(H,21,23)/t15-/m0/s1. The summed E-state index contributed by atoms with van der Waals surface area (Å²) in [5.74, 6) is 0.569. The molecule has 0 bridgehead atoms. The molecule has 0 aliphatic carbocycles. The van der Waals surface area contributed by atoms with Crippen LogP contribution in [0.25, 0.3) is 0 Å². The van der Waals surface area contributed by atoms with Gasteiger partial charge in [-0.2, -0.15) is 0 Å². The number of benzene rings is 1. The van der Waals surface area contributed by atoms with E-state index < -0.39 is 16.1 Å². The maximum atomic E-state index is 12.4. The number of carbonyl (C=O) groups is 1. The molecule has 0 saturated heterocycles. The summed E-state index contributed by atoms with van der Waals surface area (Å²) in [5.41, 5.74) is 0.815. The van der Waals surface area contributed by atoms with Crippen molar-refractivity contribution in [1.82, 2.24) is 15.0 Å². The molecule has 7 nitrogen and oxygen atoms in total. The summed E-state index contributed by atoms with van der Waals surface area (Å²) in [6.45, 7) is 6.42. The van der Waals surface area contributed by atoms with Crippen molar-refractivity contribution in [2.45, 2.75) is 38.3 Å². The van der Waals surface area contributed by atoms with Crippen molar-refractivity contribution >= 4 is 15.9 Å². The monoisotopic (exact) mass is 391 g/mol. The zero-order valence-electron chi connectivity index (χ0n) is 15.7. The molecule has 0 unspecified atom stereocenters. The molecule has 0 radical (unpaired) electrons. The number of nitrogens with one attached hydrogen (secondary N) is 2. The van der Waals surface area contributed by atoms with E-state index in [0.29, 0.717) is 18.2 Å². The molecule has 0 saturated carbocycles. The smallest absolute Gasteiger partial charge is 0.260 e. The molecule has 1 aromatic heterocycles. The SMILES string of the molecule is CC(C)CNC(=O)[C@H](C)Oc1ccc(S(=O)(=O)NCc2ccncc2)cc1. The lowest BCUT2D eigenvalue weighted by atomic mass is 10.2. The van der Waals surface area contributed by atoms with Crippen LogP contribution in [0.2, 0.25) is 0 Å². The minimum atomic E-state index is -3.64. The van der Waals surface area contributed by atoms with E-state index in [9.17, 15) is 13.2 Å². The maximum absolute atomic E-state index is 12.4. The Morgan fingerprint density at radius 3 is 2.30 bits per heavy atom. The Morgan fingerprint density at radius 2 is 1.70 bits per heavy atom. The average Bonchev–Trinajstić information content (AvgIpc) is 2.65. The van der Waals surface area contributed by atoms with Crippen LogP contribution < -0.4 is 14.8 Å². The van der Waals surface area contributed by atoms with Crippen molar-refractivity contribution in [3.63, 3.8) is 0 Å². The third-order valence-electron chi connectivity index (χ3n) is 3.72. The predicted molar refractivity (Wildman–Crippen MR) is 103 cm³/mol. The molecule has 1 heterocycles. The predicted octanol–water partition coefficient (Wildman–Crippen LogP) is 2.10. The number of sulfonamides is 1. The van der Waals surface area contributed by atoms with Gasteiger partial charge in [-0.15, -0.1) is 0 Å². The summed E-state index contributed by atoms with van der Waals surface area (Å²) in [4.78, 5) is 16.0. The zero-order valence-corrected chi connectivity index (χ0v) is 16.5. The van der Waals surface area contributed by atoms with E-state index in [1.807, 2.05) is 13.8 Å². The summed E-state index contributed by atoms with van der Waals surface area (Å²) in [5, 5.41) is 2.80. The van der Waals surface area contributed by atoms with Crippen LogP contribution in [0, 0.1) is 5.92 Å². The normalized spacial score (nSPS) is 12.6. The lowest BCUT2D eigenvalue weighted by molar-refractivity contribution is -0.127. The molecule has 1 atom stereocenters. The van der Waals surface area contributed by atoms with Gasteiger partial charge in [-0.3, -0.25) is 9.78 Å². The van der Waals surface area contributed by atoms with Gasteiger partial charge in [0.05, 0.1) is 4.90 Å². The maximum Gasteiger partial charge on any atom is 0.260 e. The number of carbonyl (C=O) groups excluding carboxylic acids is 1. The topological polar surface area (TPSA) is 97.4 Å². The summed E-state index contributed by atoms with van der Waals surface area (Å²) in [6.07, 6.45) is 2.54. The van der Waals surface area contributed by atoms with E-state index in [1.165, 1.54) is 24.3 Å². The Morgan fingerprint density at radius 1 is 1.07 bits per heavy atom. The Labute approximate surface area is 160 Å². The number of nitrogens with zero attached hydrogens (tertiary/aromatic N) is 1. The number of hydrogen-bond donors (Lipinski definition) is 2. The lowest BCUT2D eigenvalue weighted by Crippen LogP contribution is -2.38. The molecular formula is C19H25N3O4S. The van der Waals surface area contributed by atoms with Crippen LogP contribution in [0.5, 0.6) is 5.75 Å². The highest BCUT2D eigenvalue weighted by molar-refractivity contribution is 7.89. The van der Waals surface area contributed by atoms with Crippen molar-refractivity contribution in [3.8, 4) is 5.75 Å². The van der Waals surface area contributed by atoms with Crippen LogP contribution in [-0.4, -0.2) is 32.0 Å². The second kappa shape index (κ2) is 9.48. The molecule has 146 valence electrons. The molecule has 2 aromatic rings. The van der Waals surface area contributed by atoms with E-state index in [4.69, 9.17) is 4.74 Å². The summed E-state index contributed by atoms with van der Waals surface area (Å²) in [7, 11) is -3.64. The van der Waals surface area contributed by atoms with Gasteiger partial charge < -0.3 is 10.1 Å². The van der Waals surface area contributed by atoms with E-state index >= 15 is 0 Å². The summed E-state index contributed by atoms with van der Waals surface area (Å²) < 4.78 is 32.8. The van der Waals surface area contributed by atoms with Gasteiger partial charge in [-0.1, -0.05) is 13.8 Å². The van der Waals surface area contributed by atoms with Crippen LogP contribution in [0.4, 0.5) is 0 Å². The van der Waals surface area contributed by atoms with E-state index in [0.717, 1.165) is 5.56 Å². The highest BCUT2D eigenvalue weighted by atomic mass is 32.2. The number of amides is 1. The third-order valence-corrected chi connectivity index (χ3v) is 5.13. The second-order valence-corrected chi connectivity index (χ2v) is 8.32. The van der Waals surface area contributed by atoms with E-state index in [-0.39, 0.29) is 17.3 Å². The third kappa shape index (κ3) is 6.65.